The molecular weight excluding hydrogens is 345 g/mol. The molecule has 0 aromatic heterocycles. The number of carbonyl (C=O) groups is 2. The molecule has 0 bridgehead atoms. The van der Waals surface area contributed by atoms with E-state index in [9.17, 15) is 9.59 Å². The van der Waals surface area contributed by atoms with E-state index in [2.05, 4.69) is 33.2 Å². The average Bonchev–Trinajstić information content (AvgIpc) is 2.31. The van der Waals surface area contributed by atoms with E-state index in [1.165, 1.54) is 0 Å². The molecule has 0 heterocycles. The molecule has 2 N–H and O–H groups in total. The summed E-state index contributed by atoms with van der Waals surface area (Å²) < 4.78 is 1.07. The van der Waals surface area contributed by atoms with Crippen LogP contribution in [0.3, 0.4) is 0 Å². The second-order valence-corrected chi connectivity index (χ2v) is 5.27. The van der Waals surface area contributed by atoms with Gasteiger partial charge in [0, 0.05) is 22.3 Å². The third-order valence-electron chi connectivity index (χ3n) is 2.15. The summed E-state index contributed by atoms with van der Waals surface area (Å²) in [5, 5.41) is 5.09. The van der Waals surface area contributed by atoms with Crippen LogP contribution in [0.4, 0.5) is 5.69 Å². The van der Waals surface area contributed by atoms with E-state index >= 15 is 0 Å². The van der Waals surface area contributed by atoms with Gasteiger partial charge >= 0.3 is 11.8 Å². The monoisotopic (exact) mass is 361 g/mol. The molecule has 0 spiro atoms. The van der Waals surface area contributed by atoms with Crippen LogP contribution < -0.4 is 10.6 Å². The zero-order valence-electron chi connectivity index (χ0n) is 10.4. The second-order valence-electron chi connectivity index (χ2n) is 4.02. The lowest BCUT2D eigenvalue weighted by molar-refractivity contribution is -0.136. The van der Waals surface area contributed by atoms with Crippen molar-refractivity contribution >= 4 is 40.1 Å². The Morgan fingerprint density at radius 1 is 1.17 bits per heavy atom. The quantitative estimate of drug-likeness (QED) is 0.619. The van der Waals surface area contributed by atoms with Crippen molar-refractivity contribution in [1.82, 2.24) is 10.2 Å². The van der Waals surface area contributed by atoms with Crippen LogP contribution in [0.5, 0.6) is 0 Å². The van der Waals surface area contributed by atoms with Gasteiger partial charge in [0.1, 0.15) is 0 Å². The smallest absolute Gasteiger partial charge is 0.313 e. The van der Waals surface area contributed by atoms with Gasteiger partial charge in [-0.1, -0.05) is 0 Å². The van der Waals surface area contributed by atoms with Crippen molar-refractivity contribution in [3.63, 3.8) is 0 Å². The van der Waals surface area contributed by atoms with Gasteiger partial charge in [-0.2, -0.15) is 0 Å². The lowest BCUT2D eigenvalue weighted by Crippen LogP contribution is -2.38. The molecule has 18 heavy (non-hydrogen) atoms. The maximum atomic E-state index is 11.5. The first kappa shape index (κ1) is 14.9. The number of benzene rings is 1. The zero-order valence-corrected chi connectivity index (χ0v) is 12.5. The maximum absolute atomic E-state index is 11.5. The third-order valence-corrected chi connectivity index (χ3v) is 2.87. The number of amides is 2. The number of hydrogen-bond donors (Lipinski definition) is 2. The van der Waals surface area contributed by atoms with E-state index in [1.807, 2.05) is 31.1 Å². The summed E-state index contributed by atoms with van der Waals surface area (Å²) in [4.78, 5) is 24.9. The molecule has 0 unspecified atom stereocenters. The fourth-order valence-corrected chi connectivity index (χ4v) is 1.55. The number of anilines is 1. The van der Waals surface area contributed by atoms with E-state index in [0.717, 1.165) is 3.57 Å². The molecule has 6 heteroatoms. The normalized spacial score (nSPS) is 10.2. The number of carbonyl (C=O) groups excluding carboxylic acids is 2. The number of likely N-dealkylation sites (N-methyl/N-ethyl adjacent to an activating group) is 1. The van der Waals surface area contributed by atoms with Gasteiger partial charge in [-0.05, 0) is 61.0 Å². The Kier molecular flexibility index (Phi) is 6.06. The van der Waals surface area contributed by atoms with Crippen LogP contribution in [0.1, 0.15) is 0 Å². The van der Waals surface area contributed by atoms with Crippen molar-refractivity contribution in [2.75, 3.05) is 32.5 Å². The van der Waals surface area contributed by atoms with Gasteiger partial charge in [-0.25, -0.2) is 0 Å². The fraction of sp³-hybridized carbons (Fsp3) is 0.333. The maximum Gasteiger partial charge on any atom is 0.313 e. The van der Waals surface area contributed by atoms with Crippen LogP contribution in [0.2, 0.25) is 0 Å². The highest BCUT2D eigenvalue weighted by Gasteiger charge is 2.12. The number of rotatable bonds is 4. The minimum Gasteiger partial charge on any atom is -0.347 e. The minimum atomic E-state index is -0.644. The number of nitrogens with one attached hydrogen (secondary N) is 2. The summed E-state index contributed by atoms with van der Waals surface area (Å²) >= 11 is 2.17. The van der Waals surface area contributed by atoms with E-state index in [4.69, 9.17) is 0 Å². The number of halogens is 1. The molecule has 0 saturated heterocycles. The molecule has 1 aromatic carbocycles. The molecule has 1 aromatic rings. The summed E-state index contributed by atoms with van der Waals surface area (Å²) in [7, 11) is 3.80. The van der Waals surface area contributed by atoms with Gasteiger partial charge in [0.2, 0.25) is 0 Å². The van der Waals surface area contributed by atoms with Crippen molar-refractivity contribution in [3.8, 4) is 0 Å². The molecule has 0 aliphatic carbocycles. The molecular formula is C12H16IN3O2. The fourth-order valence-electron chi connectivity index (χ4n) is 1.19. The van der Waals surface area contributed by atoms with Gasteiger partial charge < -0.3 is 15.5 Å². The highest BCUT2D eigenvalue weighted by molar-refractivity contribution is 14.1. The van der Waals surface area contributed by atoms with E-state index < -0.39 is 11.8 Å². The molecule has 0 aliphatic heterocycles. The molecule has 0 aliphatic rings. The predicted molar refractivity (Wildman–Crippen MR) is 79.4 cm³/mol. The van der Waals surface area contributed by atoms with Gasteiger partial charge in [-0.15, -0.1) is 0 Å². The van der Waals surface area contributed by atoms with Crippen LogP contribution in [0.25, 0.3) is 0 Å². The highest BCUT2D eigenvalue weighted by Crippen LogP contribution is 2.10. The first-order chi connectivity index (χ1) is 8.49. The molecule has 5 nitrogen and oxygen atoms in total. The summed E-state index contributed by atoms with van der Waals surface area (Å²) in [6, 6.07) is 7.24. The predicted octanol–water partition coefficient (Wildman–Crippen LogP) is 0.907. The van der Waals surface area contributed by atoms with Gasteiger partial charge in [0.15, 0.2) is 0 Å². The lowest BCUT2D eigenvalue weighted by Gasteiger charge is -2.10. The highest BCUT2D eigenvalue weighted by atomic mass is 127. The third kappa shape index (κ3) is 5.46. The number of nitrogens with zero attached hydrogens (tertiary/aromatic N) is 1. The topological polar surface area (TPSA) is 61.4 Å². The van der Waals surface area contributed by atoms with Crippen LogP contribution in [-0.4, -0.2) is 43.9 Å². The Morgan fingerprint density at radius 3 is 2.33 bits per heavy atom. The lowest BCUT2D eigenvalue weighted by atomic mass is 10.3. The summed E-state index contributed by atoms with van der Waals surface area (Å²) in [5.74, 6) is -1.26. The zero-order chi connectivity index (χ0) is 13.5. The SMILES string of the molecule is CN(C)CCNC(=O)C(=O)Nc1ccc(I)cc1. The molecule has 0 atom stereocenters. The summed E-state index contributed by atoms with van der Waals surface area (Å²) in [6.45, 7) is 1.15. The van der Waals surface area contributed by atoms with Gasteiger partial charge in [0.05, 0.1) is 0 Å². The van der Waals surface area contributed by atoms with Crippen molar-refractivity contribution in [2.45, 2.75) is 0 Å². The molecule has 0 radical (unpaired) electrons. The molecule has 2 amide bonds. The van der Waals surface area contributed by atoms with Crippen LogP contribution in [-0.2, 0) is 9.59 Å². The number of hydrogen-bond acceptors (Lipinski definition) is 3. The van der Waals surface area contributed by atoms with Crippen LogP contribution >= 0.6 is 22.6 Å². The summed E-state index contributed by atoms with van der Waals surface area (Å²) in [5.41, 5.74) is 0.614. The van der Waals surface area contributed by atoms with Crippen molar-refractivity contribution in [3.05, 3.63) is 27.8 Å². The first-order valence-electron chi connectivity index (χ1n) is 5.48. The Labute approximate surface area is 120 Å². The van der Waals surface area contributed by atoms with Crippen LogP contribution in [0, 0.1) is 3.57 Å². The Morgan fingerprint density at radius 2 is 1.78 bits per heavy atom. The molecule has 0 saturated carbocycles. The average molecular weight is 361 g/mol. The minimum absolute atomic E-state index is 0.450. The Bertz CT molecular complexity index is 418. The molecule has 0 fully saturated rings. The van der Waals surface area contributed by atoms with E-state index in [0.29, 0.717) is 18.8 Å². The standard InChI is InChI=1S/C12H16IN3O2/c1-16(2)8-7-14-11(17)12(18)15-10-5-3-9(13)4-6-10/h3-6H,7-8H2,1-2H3,(H,14,17)(H,15,18). The largest absolute Gasteiger partial charge is 0.347 e. The van der Waals surface area contributed by atoms with Gasteiger partial charge in [0.25, 0.3) is 0 Å². The van der Waals surface area contributed by atoms with E-state index in [-0.39, 0.29) is 0 Å². The van der Waals surface area contributed by atoms with Gasteiger partial charge in [-0.3, -0.25) is 9.59 Å². The Balaban J connectivity index is 2.40. The van der Waals surface area contributed by atoms with Crippen molar-refractivity contribution in [1.29, 1.82) is 0 Å². The second kappa shape index (κ2) is 7.32. The van der Waals surface area contributed by atoms with Crippen LogP contribution in [0.15, 0.2) is 24.3 Å². The first-order valence-corrected chi connectivity index (χ1v) is 6.56. The van der Waals surface area contributed by atoms with E-state index in [1.54, 1.807) is 12.1 Å². The molecule has 98 valence electrons. The van der Waals surface area contributed by atoms with Crippen molar-refractivity contribution < 1.29 is 9.59 Å². The Hall–Kier alpha value is -1.15. The van der Waals surface area contributed by atoms with Crippen molar-refractivity contribution in [2.24, 2.45) is 0 Å². The summed E-state index contributed by atoms with van der Waals surface area (Å²) in [6.07, 6.45) is 0. The molecule has 1 rings (SSSR count).